The number of nitrogens with zero attached hydrogens (tertiary/aromatic N) is 5. The van der Waals surface area contributed by atoms with E-state index in [2.05, 4.69) is 56.3 Å². The van der Waals surface area contributed by atoms with Gasteiger partial charge in [-0.15, -0.1) is 34.2 Å². The number of anilines is 1. The third-order valence-electron chi connectivity index (χ3n) is 4.92. The van der Waals surface area contributed by atoms with Crippen LogP contribution in [0.25, 0.3) is 0 Å². The summed E-state index contributed by atoms with van der Waals surface area (Å²) < 4.78 is 7.57. The second kappa shape index (κ2) is 11.8. The Hall–Kier alpha value is -2.04. The highest BCUT2D eigenvalue weighted by molar-refractivity contribution is 14.0. The first-order valence-electron chi connectivity index (χ1n) is 10.0. The van der Waals surface area contributed by atoms with E-state index < -0.39 is 0 Å². The fourth-order valence-electron chi connectivity index (χ4n) is 3.51. The topological polar surface area (TPSA) is 79.6 Å². The van der Waals surface area contributed by atoms with Gasteiger partial charge in [-0.25, -0.2) is 0 Å². The molecule has 1 fully saturated rings. The summed E-state index contributed by atoms with van der Waals surface area (Å²) in [4.78, 5) is 7.10. The third-order valence-corrected chi connectivity index (χ3v) is 4.92. The van der Waals surface area contributed by atoms with Crippen LogP contribution in [-0.4, -0.2) is 60.1 Å². The molecule has 0 spiro atoms. The maximum Gasteiger partial charge on any atom is 0.191 e. The van der Waals surface area contributed by atoms with E-state index in [1.807, 2.05) is 12.1 Å². The lowest BCUT2D eigenvalue weighted by atomic mass is 10.2. The average molecular weight is 513 g/mol. The van der Waals surface area contributed by atoms with Crippen LogP contribution < -0.4 is 20.3 Å². The number of para-hydroxylation sites is 2. The Bertz CT molecular complexity index is 780. The second-order valence-corrected chi connectivity index (χ2v) is 6.80. The first-order chi connectivity index (χ1) is 13.7. The molecule has 8 nitrogen and oxygen atoms in total. The largest absolute Gasteiger partial charge is 0.495 e. The van der Waals surface area contributed by atoms with Gasteiger partial charge in [-0.05, 0) is 25.5 Å². The van der Waals surface area contributed by atoms with E-state index >= 15 is 0 Å². The van der Waals surface area contributed by atoms with Crippen molar-refractivity contribution >= 4 is 35.6 Å². The van der Waals surface area contributed by atoms with Crippen LogP contribution in [0.3, 0.4) is 0 Å². The number of aromatic nitrogens is 3. The molecule has 160 valence electrons. The summed E-state index contributed by atoms with van der Waals surface area (Å²) in [5.41, 5.74) is 1.15. The summed E-state index contributed by atoms with van der Waals surface area (Å²) in [6, 6.07) is 8.54. The van der Waals surface area contributed by atoms with Crippen molar-refractivity contribution in [2.75, 3.05) is 38.2 Å². The summed E-state index contributed by atoms with van der Waals surface area (Å²) >= 11 is 0. The van der Waals surface area contributed by atoms with Gasteiger partial charge in [-0.1, -0.05) is 19.1 Å². The maximum absolute atomic E-state index is 5.51. The van der Waals surface area contributed by atoms with Crippen LogP contribution >= 0.6 is 24.0 Å². The van der Waals surface area contributed by atoms with E-state index in [9.17, 15) is 0 Å². The molecule has 1 aliphatic heterocycles. The van der Waals surface area contributed by atoms with Crippen molar-refractivity contribution in [2.45, 2.75) is 39.3 Å². The van der Waals surface area contributed by atoms with Gasteiger partial charge in [0, 0.05) is 38.6 Å². The van der Waals surface area contributed by atoms with E-state index in [4.69, 9.17) is 9.73 Å². The molecule has 3 rings (SSSR count). The predicted molar refractivity (Wildman–Crippen MR) is 128 cm³/mol. The van der Waals surface area contributed by atoms with E-state index in [0.717, 1.165) is 62.2 Å². The first kappa shape index (κ1) is 23.2. The Labute approximate surface area is 190 Å². The van der Waals surface area contributed by atoms with Gasteiger partial charge >= 0.3 is 0 Å². The third kappa shape index (κ3) is 6.22. The van der Waals surface area contributed by atoms with Gasteiger partial charge < -0.3 is 24.8 Å². The van der Waals surface area contributed by atoms with E-state index in [-0.39, 0.29) is 24.0 Å². The van der Waals surface area contributed by atoms with Crippen LogP contribution in [0.15, 0.2) is 35.6 Å². The van der Waals surface area contributed by atoms with Crippen molar-refractivity contribution in [2.24, 2.45) is 4.99 Å². The monoisotopic (exact) mass is 513 g/mol. The summed E-state index contributed by atoms with van der Waals surface area (Å²) in [6.45, 7) is 8.40. The van der Waals surface area contributed by atoms with Crippen LogP contribution in [0, 0.1) is 0 Å². The van der Waals surface area contributed by atoms with Crippen molar-refractivity contribution in [1.82, 2.24) is 25.4 Å². The summed E-state index contributed by atoms with van der Waals surface area (Å²) in [6.07, 6.45) is 3.72. The Kier molecular flexibility index (Phi) is 9.49. The molecule has 1 atom stereocenters. The Balaban J connectivity index is 0.00000300. The van der Waals surface area contributed by atoms with E-state index in [1.165, 1.54) is 0 Å². The fraction of sp³-hybridized carbons (Fsp3) is 0.550. The zero-order valence-electron chi connectivity index (χ0n) is 17.5. The molecule has 0 amide bonds. The predicted octanol–water partition coefficient (Wildman–Crippen LogP) is 2.30. The Morgan fingerprint density at radius 3 is 2.90 bits per heavy atom. The van der Waals surface area contributed by atoms with Crippen molar-refractivity contribution in [1.29, 1.82) is 0 Å². The lowest BCUT2D eigenvalue weighted by molar-refractivity contribution is 0.415. The number of hydrogen-bond donors (Lipinski definition) is 2. The average Bonchev–Trinajstić information content (AvgIpc) is 3.37. The van der Waals surface area contributed by atoms with Crippen LogP contribution in [0.1, 0.15) is 26.1 Å². The number of aryl methyl sites for hydroxylation is 1. The van der Waals surface area contributed by atoms with Gasteiger partial charge in [0.2, 0.25) is 0 Å². The normalized spacial score (nSPS) is 16.4. The highest BCUT2D eigenvalue weighted by atomic mass is 127. The SMILES string of the molecule is CCNC(=NCCn1cnnc1CC)NC1CCN(c2ccccc2OC)C1.I. The summed E-state index contributed by atoms with van der Waals surface area (Å²) in [5, 5.41) is 15.0. The molecule has 2 aromatic rings. The van der Waals surface area contributed by atoms with Gasteiger partial charge in [0.1, 0.15) is 17.9 Å². The minimum absolute atomic E-state index is 0. The summed E-state index contributed by atoms with van der Waals surface area (Å²) in [7, 11) is 1.72. The number of rotatable bonds is 8. The molecule has 1 aromatic carbocycles. The minimum atomic E-state index is 0. The molecule has 0 aliphatic carbocycles. The molecule has 0 saturated carbocycles. The van der Waals surface area contributed by atoms with Gasteiger partial charge in [-0.2, -0.15) is 0 Å². The summed E-state index contributed by atoms with van der Waals surface area (Å²) in [5.74, 6) is 2.78. The lowest BCUT2D eigenvalue weighted by Gasteiger charge is -2.22. The van der Waals surface area contributed by atoms with E-state index in [1.54, 1.807) is 13.4 Å². The van der Waals surface area contributed by atoms with Gasteiger partial charge in [0.25, 0.3) is 0 Å². The highest BCUT2D eigenvalue weighted by Crippen LogP contribution is 2.30. The number of benzene rings is 1. The molecule has 29 heavy (non-hydrogen) atoms. The zero-order chi connectivity index (χ0) is 19.8. The molecule has 2 heterocycles. The smallest absolute Gasteiger partial charge is 0.191 e. The Morgan fingerprint density at radius 1 is 1.31 bits per heavy atom. The highest BCUT2D eigenvalue weighted by Gasteiger charge is 2.25. The van der Waals surface area contributed by atoms with Crippen molar-refractivity contribution in [3.05, 3.63) is 36.4 Å². The fourth-order valence-corrected chi connectivity index (χ4v) is 3.51. The molecule has 1 saturated heterocycles. The number of guanidine groups is 1. The Morgan fingerprint density at radius 2 is 2.14 bits per heavy atom. The number of nitrogens with one attached hydrogen (secondary N) is 2. The molecule has 0 bridgehead atoms. The van der Waals surface area contributed by atoms with Crippen LogP contribution in [-0.2, 0) is 13.0 Å². The quantitative estimate of drug-likeness (QED) is 0.321. The number of ether oxygens (including phenoxy) is 1. The molecule has 1 aliphatic rings. The second-order valence-electron chi connectivity index (χ2n) is 6.80. The van der Waals surface area contributed by atoms with E-state index in [0.29, 0.717) is 12.6 Å². The van der Waals surface area contributed by atoms with Crippen LogP contribution in [0.4, 0.5) is 5.69 Å². The molecule has 0 radical (unpaired) electrons. The number of methoxy groups -OCH3 is 1. The van der Waals surface area contributed by atoms with Crippen molar-refractivity contribution in [3.63, 3.8) is 0 Å². The molecule has 2 N–H and O–H groups in total. The van der Waals surface area contributed by atoms with Gasteiger partial charge in [0.15, 0.2) is 5.96 Å². The van der Waals surface area contributed by atoms with Crippen molar-refractivity contribution in [3.8, 4) is 5.75 Å². The number of aliphatic imine (C=N–C) groups is 1. The number of hydrogen-bond acceptors (Lipinski definition) is 5. The zero-order valence-corrected chi connectivity index (χ0v) is 19.8. The first-order valence-corrected chi connectivity index (χ1v) is 10.0. The van der Waals surface area contributed by atoms with Gasteiger partial charge in [-0.3, -0.25) is 4.99 Å². The molecule has 1 unspecified atom stereocenters. The molecular weight excluding hydrogens is 481 g/mol. The van der Waals surface area contributed by atoms with Crippen LogP contribution in [0.5, 0.6) is 5.75 Å². The maximum atomic E-state index is 5.51. The molecule has 1 aromatic heterocycles. The molecule has 9 heteroatoms. The van der Waals surface area contributed by atoms with Crippen molar-refractivity contribution < 1.29 is 4.74 Å². The number of halogens is 1. The lowest BCUT2D eigenvalue weighted by Crippen LogP contribution is -2.44. The van der Waals surface area contributed by atoms with Gasteiger partial charge in [0.05, 0.1) is 19.3 Å². The van der Waals surface area contributed by atoms with Crippen LogP contribution in [0.2, 0.25) is 0 Å². The standard InChI is InChI=1S/C20H31N7O.HI/c1-4-19-25-23-15-27(19)13-11-22-20(21-5-2)24-16-10-12-26(14-16)17-8-6-7-9-18(17)28-3;/h6-9,15-16H,4-5,10-14H2,1-3H3,(H2,21,22,24);1H. The molecular formula is C20H32IN7O. The minimum Gasteiger partial charge on any atom is -0.495 e.